The van der Waals surface area contributed by atoms with Crippen LogP contribution >= 0.6 is 12.0 Å². The van der Waals surface area contributed by atoms with Crippen LogP contribution in [0, 0.1) is 0 Å². The predicted octanol–water partition coefficient (Wildman–Crippen LogP) is 2.33. The van der Waals surface area contributed by atoms with Gasteiger partial charge in [0.25, 0.3) is 0 Å². The molecule has 0 spiro atoms. The zero-order chi connectivity index (χ0) is 10.5. The molecular formula is C6H10F3NO2S. The van der Waals surface area contributed by atoms with Crippen molar-refractivity contribution in [2.75, 3.05) is 6.26 Å². The van der Waals surface area contributed by atoms with E-state index in [1.807, 2.05) is 5.32 Å². The molecule has 1 amide bonds. The second-order valence-corrected chi connectivity index (χ2v) is 2.90. The number of carbonyl (C=O) groups excluding carboxylic acids is 1. The number of amides is 1. The predicted molar refractivity (Wildman–Crippen MR) is 43.3 cm³/mol. The normalized spacial score (nSPS) is 13.6. The average Bonchev–Trinajstić information content (AvgIpc) is 1.81. The summed E-state index contributed by atoms with van der Waals surface area (Å²) < 4.78 is 39.6. The summed E-state index contributed by atoms with van der Waals surface area (Å²) in [5, 5.41) is 2.04. The third-order valence-corrected chi connectivity index (χ3v) is 1.38. The van der Waals surface area contributed by atoms with Crippen molar-refractivity contribution >= 4 is 18.1 Å². The fourth-order valence-corrected chi connectivity index (χ4v) is 0.899. The maximum Gasteiger partial charge on any atom is 0.419 e. The van der Waals surface area contributed by atoms with Gasteiger partial charge in [-0.25, -0.2) is 4.79 Å². The van der Waals surface area contributed by atoms with Gasteiger partial charge in [-0.05, 0) is 6.92 Å². The topological polar surface area (TPSA) is 38.3 Å². The average molecular weight is 217 g/mol. The zero-order valence-corrected chi connectivity index (χ0v) is 7.96. The van der Waals surface area contributed by atoms with Gasteiger partial charge in [-0.3, -0.25) is 0 Å². The second-order valence-electron chi connectivity index (χ2n) is 2.40. The Kier molecular flexibility index (Phi) is 4.97. The van der Waals surface area contributed by atoms with Crippen molar-refractivity contribution in [2.24, 2.45) is 0 Å². The number of nitrogens with one attached hydrogen (secondary N) is 1. The Morgan fingerprint density at radius 3 is 2.54 bits per heavy atom. The molecule has 0 radical (unpaired) electrons. The van der Waals surface area contributed by atoms with Crippen molar-refractivity contribution in [3.8, 4) is 0 Å². The maximum absolute atomic E-state index is 11.7. The molecule has 0 aromatic heterocycles. The molecule has 0 saturated carbocycles. The molecule has 0 aliphatic heterocycles. The summed E-state index contributed by atoms with van der Waals surface area (Å²) in [4.78, 5) is 10.6. The van der Waals surface area contributed by atoms with E-state index in [-0.39, 0.29) is 0 Å². The van der Waals surface area contributed by atoms with Crippen LogP contribution in [-0.2, 0) is 4.18 Å². The highest BCUT2D eigenvalue weighted by molar-refractivity contribution is 7.94. The highest BCUT2D eigenvalue weighted by atomic mass is 32.2. The number of alkyl halides is 3. The molecule has 0 bridgehead atoms. The van der Waals surface area contributed by atoms with Crippen molar-refractivity contribution in [2.45, 2.75) is 25.6 Å². The SMILES string of the molecule is CSOC(=O)N[C@@H](C)CC(F)(F)F. The molecule has 0 aromatic carbocycles. The summed E-state index contributed by atoms with van der Waals surface area (Å²) in [6.45, 7) is 1.26. The minimum atomic E-state index is -4.27. The summed E-state index contributed by atoms with van der Waals surface area (Å²) in [6.07, 6.45) is -4.69. The van der Waals surface area contributed by atoms with E-state index in [4.69, 9.17) is 0 Å². The van der Waals surface area contributed by atoms with Crippen LogP contribution in [0.2, 0.25) is 0 Å². The molecule has 1 atom stereocenters. The first kappa shape index (κ1) is 12.4. The van der Waals surface area contributed by atoms with Crippen molar-refractivity contribution in [1.82, 2.24) is 5.32 Å². The molecule has 13 heavy (non-hydrogen) atoms. The molecule has 0 aliphatic carbocycles. The van der Waals surface area contributed by atoms with Crippen LogP contribution in [0.15, 0.2) is 0 Å². The van der Waals surface area contributed by atoms with Crippen LogP contribution in [0.3, 0.4) is 0 Å². The minimum absolute atomic E-state index is 0.776. The number of halogens is 3. The largest absolute Gasteiger partial charge is 0.419 e. The highest BCUT2D eigenvalue weighted by Gasteiger charge is 2.30. The molecule has 7 heteroatoms. The zero-order valence-electron chi connectivity index (χ0n) is 7.14. The van der Waals surface area contributed by atoms with Gasteiger partial charge in [0.05, 0.1) is 18.5 Å². The molecule has 0 rings (SSSR count). The summed E-state index contributed by atoms with van der Waals surface area (Å²) in [7, 11) is 0. The van der Waals surface area contributed by atoms with Crippen molar-refractivity contribution in [1.29, 1.82) is 0 Å². The van der Waals surface area contributed by atoms with Gasteiger partial charge < -0.3 is 9.50 Å². The molecular weight excluding hydrogens is 207 g/mol. The molecule has 0 heterocycles. The van der Waals surface area contributed by atoms with E-state index in [1.165, 1.54) is 13.2 Å². The van der Waals surface area contributed by atoms with Crippen LogP contribution in [0.5, 0.6) is 0 Å². The number of hydrogen-bond donors (Lipinski definition) is 1. The van der Waals surface area contributed by atoms with Gasteiger partial charge in [0.2, 0.25) is 0 Å². The van der Waals surface area contributed by atoms with Gasteiger partial charge in [0.15, 0.2) is 0 Å². The molecule has 0 aromatic rings. The van der Waals surface area contributed by atoms with Gasteiger partial charge in [-0.2, -0.15) is 13.2 Å². The lowest BCUT2D eigenvalue weighted by Crippen LogP contribution is -2.35. The molecule has 78 valence electrons. The first-order valence-electron chi connectivity index (χ1n) is 3.43. The Morgan fingerprint density at radius 2 is 2.15 bits per heavy atom. The molecule has 0 aliphatic rings. The van der Waals surface area contributed by atoms with E-state index in [2.05, 4.69) is 4.18 Å². The lowest BCUT2D eigenvalue weighted by Gasteiger charge is -2.14. The summed E-state index contributed by atoms with van der Waals surface area (Å²) >= 11 is 0.776. The van der Waals surface area contributed by atoms with Crippen LogP contribution in [0.4, 0.5) is 18.0 Å². The monoisotopic (exact) mass is 217 g/mol. The van der Waals surface area contributed by atoms with Crippen molar-refractivity contribution < 1.29 is 22.1 Å². The third kappa shape index (κ3) is 7.76. The number of hydrogen-bond acceptors (Lipinski definition) is 3. The quantitative estimate of drug-likeness (QED) is 0.737. The minimum Gasteiger partial charge on any atom is -0.375 e. The third-order valence-electron chi connectivity index (χ3n) is 1.06. The van der Waals surface area contributed by atoms with Crippen LogP contribution in [0.1, 0.15) is 13.3 Å². The lowest BCUT2D eigenvalue weighted by atomic mass is 10.2. The Balaban J connectivity index is 3.74. The van der Waals surface area contributed by atoms with Gasteiger partial charge in [0.1, 0.15) is 0 Å². The first-order chi connectivity index (χ1) is 5.85. The van der Waals surface area contributed by atoms with E-state index in [0.717, 1.165) is 12.0 Å². The van der Waals surface area contributed by atoms with Crippen molar-refractivity contribution in [3.05, 3.63) is 0 Å². The molecule has 0 saturated heterocycles. The number of rotatable bonds is 3. The Bertz CT molecular complexity index is 174. The van der Waals surface area contributed by atoms with E-state index < -0.39 is 24.7 Å². The van der Waals surface area contributed by atoms with E-state index in [0.29, 0.717) is 0 Å². The summed E-state index contributed by atoms with van der Waals surface area (Å²) in [5.41, 5.74) is 0. The van der Waals surface area contributed by atoms with Gasteiger partial charge in [0, 0.05) is 12.3 Å². The smallest absolute Gasteiger partial charge is 0.375 e. The number of carbonyl (C=O) groups is 1. The molecule has 0 unspecified atom stereocenters. The second kappa shape index (κ2) is 5.21. The molecule has 1 N–H and O–H groups in total. The fraction of sp³-hybridized carbons (Fsp3) is 0.833. The highest BCUT2D eigenvalue weighted by Crippen LogP contribution is 2.21. The van der Waals surface area contributed by atoms with Crippen LogP contribution < -0.4 is 5.32 Å². The molecule has 3 nitrogen and oxygen atoms in total. The standard InChI is InChI=1S/C6H10F3NO2S/c1-4(3-6(7,8)9)10-5(11)12-13-2/h4H,3H2,1-2H3,(H,10,11)/t4-/m0/s1. The van der Waals surface area contributed by atoms with Gasteiger partial charge in [-0.15, -0.1) is 0 Å². The Labute approximate surface area is 78.2 Å². The Hall–Kier alpha value is -0.590. The lowest BCUT2D eigenvalue weighted by molar-refractivity contribution is -0.138. The summed E-state index contributed by atoms with van der Waals surface area (Å²) in [6, 6.07) is -0.973. The molecule has 0 fully saturated rings. The Morgan fingerprint density at radius 1 is 1.62 bits per heavy atom. The van der Waals surface area contributed by atoms with Crippen LogP contribution in [-0.4, -0.2) is 24.6 Å². The van der Waals surface area contributed by atoms with Gasteiger partial charge in [-0.1, -0.05) is 0 Å². The van der Waals surface area contributed by atoms with E-state index >= 15 is 0 Å². The maximum atomic E-state index is 11.7. The first-order valence-corrected chi connectivity index (χ1v) is 4.58. The van der Waals surface area contributed by atoms with E-state index in [9.17, 15) is 18.0 Å². The van der Waals surface area contributed by atoms with Crippen molar-refractivity contribution in [3.63, 3.8) is 0 Å². The fourth-order valence-electron chi connectivity index (χ4n) is 0.699. The van der Waals surface area contributed by atoms with Crippen LogP contribution in [0.25, 0.3) is 0 Å². The summed E-state index contributed by atoms with van der Waals surface area (Å²) in [5.74, 6) is 0. The van der Waals surface area contributed by atoms with Gasteiger partial charge >= 0.3 is 12.3 Å². The van der Waals surface area contributed by atoms with E-state index in [1.54, 1.807) is 0 Å².